The van der Waals surface area contributed by atoms with E-state index in [-0.39, 0.29) is 5.91 Å². The largest absolute Gasteiger partial charge is 0.492 e. The third kappa shape index (κ3) is 4.41. The standard InChI is InChI=1S/C19H14Br2ClNO3S2/c1-3-26-15-7-10(6-13(21)17(15)25-2)8-16-18(24)23(19(27)28-16)11-4-5-12(20)14(22)9-11/h4-9H,3H2,1-2H3/b16-8+. The number of methoxy groups -OCH3 is 1. The first-order valence-corrected chi connectivity index (χ1v) is 11.3. The Morgan fingerprint density at radius 1 is 1.25 bits per heavy atom. The summed E-state index contributed by atoms with van der Waals surface area (Å²) in [5, 5.41) is 0.510. The molecule has 0 saturated carbocycles. The average molecular weight is 564 g/mol. The van der Waals surface area contributed by atoms with E-state index in [0.29, 0.717) is 38.0 Å². The number of hydrogen-bond donors (Lipinski definition) is 0. The fraction of sp³-hybridized carbons (Fsp3) is 0.158. The van der Waals surface area contributed by atoms with Crippen LogP contribution in [-0.4, -0.2) is 23.9 Å². The first-order chi connectivity index (χ1) is 13.3. The van der Waals surface area contributed by atoms with Crippen molar-refractivity contribution < 1.29 is 14.3 Å². The van der Waals surface area contributed by atoms with Gasteiger partial charge in [-0.1, -0.05) is 35.6 Å². The second kappa shape index (κ2) is 9.17. The fourth-order valence-corrected chi connectivity index (χ4v) is 4.94. The number of benzene rings is 2. The zero-order chi connectivity index (χ0) is 20.4. The first-order valence-electron chi connectivity index (χ1n) is 8.09. The van der Waals surface area contributed by atoms with Gasteiger partial charge in [0.05, 0.1) is 33.8 Å². The van der Waals surface area contributed by atoms with E-state index < -0.39 is 0 Å². The monoisotopic (exact) mass is 561 g/mol. The van der Waals surface area contributed by atoms with Crippen LogP contribution in [0.25, 0.3) is 6.08 Å². The van der Waals surface area contributed by atoms with Gasteiger partial charge in [0.15, 0.2) is 15.8 Å². The zero-order valence-corrected chi connectivity index (χ0v) is 20.4. The van der Waals surface area contributed by atoms with Crippen molar-refractivity contribution in [3.05, 3.63) is 54.8 Å². The highest BCUT2D eigenvalue weighted by Crippen LogP contribution is 2.40. The summed E-state index contributed by atoms with van der Waals surface area (Å²) >= 11 is 19.7. The molecule has 0 spiro atoms. The summed E-state index contributed by atoms with van der Waals surface area (Å²) in [6, 6.07) is 8.98. The Morgan fingerprint density at radius 2 is 2.00 bits per heavy atom. The second-order valence-electron chi connectivity index (χ2n) is 5.58. The van der Waals surface area contributed by atoms with Crippen LogP contribution >= 0.6 is 67.4 Å². The molecule has 4 nitrogen and oxygen atoms in total. The number of hydrogen-bond acceptors (Lipinski definition) is 5. The molecule has 0 bridgehead atoms. The highest BCUT2D eigenvalue weighted by Gasteiger charge is 2.33. The Hall–Kier alpha value is -1.06. The van der Waals surface area contributed by atoms with Gasteiger partial charge in [0.25, 0.3) is 5.91 Å². The molecular weight excluding hydrogens is 550 g/mol. The normalized spacial score (nSPS) is 15.5. The summed E-state index contributed by atoms with van der Waals surface area (Å²) in [7, 11) is 1.58. The van der Waals surface area contributed by atoms with Crippen LogP contribution in [0.3, 0.4) is 0 Å². The molecule has 1 amide bonds. The molecule has 0 aromatic heterocycles. The number of thiocarbonyl (C=S) groups is 1. The maximum absolute atomic E-state index is 13.0. The number of thioether (sulfide) groups is 1. The van der Waals surface area contributed by atoms with Gasteiger partial charge in [0.1, 0.15) is 0 Å². The van der Waals surface area contributed by atoms with Crippen molar-refractivity contribution in [3.63, 3.8) is 0 Å². The third-order valence-corrected chi connectivity index (χ3v) is 6.91. The van der Waals surface area contributed by atoms with Crippen LogP contribution in [0, 0.1) is 0 Å². The van der Waals surface area contributed by atoms with Gasteiger partial charge < -0.3 is 9.47 Å². The summed E-state index contributed by atoms with van der Waals surface area (Å²) in [6.07, 6.45) is 1.78. The predicted molar refractivity (Wildman–Crippen MR) is 127 cm³/mol. The van der Waals surface area contributed by atoms with Gasteiger partial charge in [-0.2, -0.15) is 0 Å². The predicted octanol–water partition coefficient (Wildman–Crippen LogP) is 6.68. The van der Waals surface area contributed by atoms with E-state index in [0.717, 1.165) is 14.5 Å². The minimum atomic E-state index is -0.196. The van der Waals surface area contributed by atoms with Crippen molar-refractivity contribution in [2.45, 2.75) is 6.92 Å². The highest BCUT2D eigenvalue weighted by atomic mass is 79.9. The fourth-order valence-electron chi connectivity index (χ4n) is 2.60. The van der Waals surface area contributed by atoms with Gasteiger partial charge in [0, 0.05) is 4.47 Å². The minimum absolute atomic E-state index is 0.196. The quantitative estimate of drug-likeness (QED) is 0.300. The van der Waals surface area contributed by atoms with E-state index in [9.17, 15) is 4.79 Å². The second-order valence-corrected chi connectivity index (χ2v) is 9.37. The van der Waals surface area contributed by atoms with Crippen LogP contribution in [0.15, 0.2) is 44.2 Å². The van der Waals surface area contributed by atoms with E-state index in [2.05, 4.69) is 31.9 Å². The van der Waals surface area contributed by atoms with Gasteiger partial charge in [0.2, 0.25) is 0 Å². The lowest BCUT2D eigenvalue weighted by Crippen LogP contribution is -2.27. The number of halogens is 3. The average Bonchev–Trinajstić information content (AvgIpc) is 2.91. The lowest BCUT2D eigenvalue weighted by Gasteiger charge is -2.15. The maximum Gasteiger partial charge on any atom is 0.270 e. The molecule has 0 radical (unpaired) electrons. The molecular formula is C19H14Br2ClNO3S2. The van der Waals surface area contributed by atoms with E-state index in [1.807, 2.05) is 19.1 Å². The van der Waals surface area contributed by atoms with Crippen LogP contribution < -0.4 is 14.4 Å². The molecule has 3 rings (SSSR count). The van der Waals surface area contributed by atoms with Crippen molar-refractivity contribution in [2.75, 3.05) is 18.6 Å². The van der Waals surface area contributed by atoms with Crippen molar-refractivity contribution in [1.29, 1.82) is 0 Å². The van der Waals surface area contributed by atoms with Crippen molar-refractivity contribution >= 4 is 89.4 Å². The molecule has 28 heavy (non-hydrogen) atoms. The molecule has 1 saturated heterocycles. The molecule has 2 aromatic carbocycles. The van der Waals surface area contributed by atoms with Crippen molar-refractivity contribution in [2.24, 2.45) is 0 Å². The number of carbonyl (C=O) groups is 1. The lowest BCUT2D eigenvalue weighted by atomic mass is 10.1. The van der Waals surface area contributed by atoms with Crippen molar-refractivity contribution in [3.8, 4) is 11.5 Å². The molecule has 1 aliphatic rings. The highest BCUT2D eigenvalue weighted by molar-refractivity contribution is 9.10. The van der Waals surface area contributed by atoms with Gasteiger partial charge in [-0.25, -0.2) is 0 Å². The molecule has 0 atom stereocenters. The van der Waals surface area contributed by atoms with E-state index in [1.165, 1.54) is 16.7 Å². The first kappa shape index (κ1) is 21.6. The Kier molecular flexibility index (Phi) is 7.09. The third-order valence-electron chi connectivity index (χ3n) is 3.79. The van der Waals surface area contributed by atoms with E-state index >= 15 is 0 Å². The SMILES string of the molecule is CCOc1cc(/C=C2/SC(=S)N(c3ccc(Br)c(Cl)c3)C2=O)cc(Br)c1OC. The lowest BCUT2D eigenvalue weighted by molar-refractivity contribution is -0.113. The maximum atomic E-state index is 13.0. The van der Waals surface area contributed by atoms with Crippen LogP contribution in [0.1, 0.15) is 12.5 Å². The molecule has 1 heterocycles. The molecule has 2 aromatic rings. The number of anilines is 1. The Balaban J connectivity index is 1.96. The van der Waals surface area contributed by atoms with Crippen LogP contribution in [0.2, 0.25) is 5.02 Å². The summed E-state index contributed by atoms with van der Waals surface area (Å²) in [6.45, 7) is 2.40. The minimum Gasteiger partial charge on any atom is -0.492 e. The van der Waals surface area contributed by atoms with Gasteiger partial charge in [-0.15, -0.1) is 0 Å². The van der Waals surface area contributed by atoms with E-state index in [1.54, 1.807) is 31.4 Å². The van der Waals surface area contributed by atoms with Crippen LogP contribution in [0.5, 0.6) is 11.5 Å². The molecule has 1 fully saturated rings. The summed E-state index contributed by atoms with van der Waals surface area (Å²) in [5.74, 6) is 1.01. The number of carbonyl (C=O) groups excluding carboxylic acids is 1. The van der Waals surface area contributed by atoms with Crippen molar-refractivity contribution in [1.82, 2.24) is 0 Å². The smallest absolute Gasteiger partial charge is 0.270 e. The number of ether oxygens (including phenoxy) is 2. The zero-order valence-electron chi connectivity index (χ0n) is 14.8. The van der Waals surface area contributed by atoms with Gasteiger partial charge >= 0.3 is 0 Å². The van der Waals surface area contributed by atoms with Gasteiger partial charge in [-0.05, 0) is 80.8 Å². The van der Waals surface area contributed by atoms with Gasteiger partial charge in [-0.3, -0.25) is 9.69 Å². The number of amides is 1. The van der Waals surface area contributed by atoms with Crippen LogP contribution in [0.4, 0.5) is 5.69 Å². The molecule has 146 valence electrons. The molecule has 0 aliphatic carbocycles. The number of nitrogens with zero attached hydrogens (tertiary/aromatic N) is 1. The number of rotatable bonds is 5. The van der Waals surface area contributed by atoms with E-state index in [4.69, 9.17) is 33.3 Å². The molecule has 0 N–H and O–H groups in total. The summed E-state index contributed by atoms with van der Waals surface area (Å²) in [5.41, 5.74) is 1.43. The molecule has 0 unspecified atom stereocenters. The molecule has 1 aliphatic heterocycles. The molecule has 9 heteroatoms. The Labute approximate surface area is 194 Å². The summed E-state index contributed by atoms with van der Waals surface area (Å²) < 4.78 is 13.0. The Bertz CT molecular complexity index is 997. The summed E-state index contributed by atoms with van der Waals surface area (Å²) in [4.78, 5) is 15.0. The van der Waals surface area contributed by atoms with Crippen LogP contribution in [-0.2, 0) is 4.79 Å². The topological polar surface area (TPSA) is 38.8 Å². The Morgan fingerprint density at radius 3 is 2.64 bits per heavy atom.